The summed E-state index contributed by atoms with van der Waals surface area (Å²) in [6, 6.07) is 14.4. The average molecular weight is 294 g/mol. The number of ether oxygens (including phenoxy) is 1. The number of hydrogen-bond acceptors (Lipinski definition) is 2. The molecule has 3 heteroatoms. The van der Waals surface area contributed by atoms with E-state index < -0.39 is 5.54 Å². The highest BCUT2D eigenvalue weighted by Crippen LogP contribution is 2.38. The van der Waals surface area contributed by atoms with Crippen LogP contribution in [0.25, 0.3) is 22.2 Å². The Morgan fingerprint density at radius 3 is 2.45 bits per heavy atom. The quantitative estimate of drug-likeness (QED) is 0.754. The molecule has 0 spiro atoms. The summed E-state index contributed by atoms with van der Waals surface area (Å²) >= 11 is 0. The summed E-state index contributed by atoms with van der Waals surface area (Å²) in [6.45, 7) is 6.20. The summed E-state index contributed by atoms with van der Waals surface area (Å²) in [7, 11) is 1.68. The van der Waals surface area contributed by atoms with Gasteiger partial charge in [-0.05, 0) is 44.5 Å². The second-order valence-corrected chi connectivity index (χ2v) is 6.32. The van der Waals surface area contributed by atoms with E-state index in [1.165, 1.54) is 11.1 Å². The Bertz CT molecular complexity index is 825. The number of methoxy groups -OCH3 is 1. The molecule has 0 saturated carbocycles. The second kappa shape index (κ2) is 5.18. The molecule has 2 aromatic carbocycles. The molecule has 114 valence electrons. The van der Waals surface area contributed by atoms with Crippen LogP contribution < -0.4 is 10.5 Å². The molecule has 0 atom stereocenters. The molecule has 0 aliphatic heterocycles. The summed E-state index contributed by atoms with van der Waals surface area (Å²) in [5.74, 6) is 0.841. The zero-order valence-corrected chi connectivity index (χ0v) is 13.5. The second-order valence-electron chi connectivity index (χ2n) is 6.32. The summed E-state index contributed by atoms with van der Waals surface area (Å²) in [4.78, 5) is 3.54. The largest absolute Gasteiger partial charge is 0.497 e. The average Bonchev–Trinajstić information content (AvgIpc) is 2.85. The van der Waals surface area contributed by atoms with E-state index in [0.717, 1.165) is 27.9 Å². The van der Waals surface area contributed by atoms with Crippen LogP contribution in [0.3, 0.4) is 0 Å². The fourth-order valence-corrected chi connectivity index (χ4v) is 3.02. The molecule has 3 rings (SSSR count). The fourth-order valence-electron chi connectivity index (χ4n) is 3.02. The van der Waals surface area contributed by atoms with Crippen molar-refractivity contribution in [2.75, 3.05) is 7.11 Å². The van der Waals surface area contributed by atoms with Crippen LogP contribution in [0.1, 0.15) is 25.0 Å². The van der Waals surface area contributed by atoms with Gasteiger partial charge in [0.2, 0.25) is 0 Å². The Morgan fingerprint density at radius 2 is 1.82 bits per heavy atom. The Kier molecular flexibility index (Phi) is 3.45. The summed E-state index contributed by atoms with van der Waals surface area (Å²) in [5, 5.41) is 1.12. The van der Waals surface area contributed by atoms with E-state index in [4.69, 9.17) is 10.5 Å². The molecule has 22 heavy (non-hydrogen) atoms. The molecule has 0 radical (unpaired) electrons. The van der Waals surface area contributed by atoms with Gasteiger partial charge in [0.05, 0.1) is 12.8 Å². The van der Waals surface area contributed by atoms with Gasteiger partial charge in [-0.3, -0.25) is 0 Å². The molecule has 1 aromatic heterocycles. The van der Waals surface area contributed by atoms with Crippen molar-refractivity contribution < 1.29 is 4.74 Å². The van der Waals surface area contributed by atoms with Crippen molar-refractivity contribution in [1.29, 1.82) is 0 Å². The van der Waals surface area contributed by atoms with Crippen LogP contribution >= 0.6 is 0 Å². The van der Waals surface area contributed by atoms with Crippen molar-refractivity contribution in [2.45, 2.75) is 26.3 Å². The monoisotopic (exact) mass is 294 g/mol. The minimum atomic E-state index is -0.456. The highest BCUT2D eigenvalue weighted by molar-refractivity contribution is 5.93. The van der Waals surface area contributed by atoms with Crippen LogP contribution in [0.15, 0.2) is 42.5 Å². The number of aromatic nitrogens is 1. The molecule has 0 saturated heterocycles. The van der Waals surface area contributed by atoms with Crippen molar-refractivity contribution in [3.8, 4) is 17.0 Å². The zero-order valence-electron chi connectivity index (χ0n) is 13.5. The molecular formula is C19H22N2O. The lowest BCUT2D eigenvalue weighted by Crippen LogP contribution is -2.29. The predicted octanol–water partition coefficient (Wildman–Crippen LogP) is 4.35. The first-order valence-corrected chi connectivity index (χ1v) is 7.47. The van der Waals surface area contributed by atoms with E-state index in [1.54, 1.807) is 7.11 Å². The number of rotatable bonds is 3. The fraction of sp³-hybridized carbons (Fsp3) is 0.263. The number of benzene rings is 2. The van der Waals surface area contributed by atoms with E-state index in [0.29, 0.717) is 0 Å². The van der Waals surface area contributed by atoms with Crippen molar-refractivity contribution in [3.05, 3.63) is 53.6 Å². The van der Waals surface area contributed by atoms with Gasteiger partial charge in [-0.2, -0.15) is 0 Å². The summed E-state index contributed by atoms with van der Waals surface area (Å²) in [5.41, 5.74) is 11.7. The Morgan fingerprint density at radius 1 is 1.09 bits per heavy atom. The maximum absolute atomic E-state index is 6.49. The predicted molar refractivity (Wildman–Crippen MR) is 92.2 cm³/mol. The number of aromatic amines is 1. The smallest absolute Gasteiger partial charge is 0.119 e. The van der Waals surface area contributed by atoms with Crippen molar-refractivity contribution in [3.63, 3.8) is 0 Å². The third kappa shape index (κ3) is 2.38. The van der Waals surface area contributed by atoms with Gasteiger partial charge < -0.3 is 15.5 Å². The topological polar surface area (TPSA) is 51.0 Å². The van der Waals surface area contributed by atoms with Crippen molar-refractivity contribution in [2.24, 2.45) is 5.73 Å². The van der Waals surface area contributed by atoms with Crippen LogP contribution in [-0.2, 0) is 5.54 Å². The molecule has 0 bridgehead atoms. The van der Waals surface area contributed by atoms with Gasteiger partial charge in [0.15, 0.2) is 0 Å². The molecule has 3 nitrogen and oxygen atoms in total. The van der Waals surface area contributed by atoms with Gasteiger partial charge in [-0.1, -0.05) is 24.3 Å². The molecule has 3 N–H and O–H groups in total. The van der Waals surface area contributed by atoms with Gasteiger partial charge in [0.25, 0.3) is 0 Å². The number of fused-ring (bicyclic) bond motifs is 1. The molecule has 0 fully saturated rings. The Hall–Kier alpha value is -2.26. The van der Waals surface area contributed by atoms with Crippen molar-refractivity contribution in [1.82, 2.24) is 4.98 Å². The van der Waals surface area contributed by atoms with Crippen LogP contribution in [-0.4, -0.2) is 12.1 Å². The Labute approximate surface area is 131 Å². The molecule has 3 aromatic rings. The van der Waals surface area contributed by atoms with E-state index >= 15 is 0 Å². The summed E-state index contributed by atoms with van der Waals surface area (Å²) < 4.78 is 5.37. The standard InChI is InChI=1S/C19H22N2O/c1-12-7-5-6-8-14(12)18-17(19(2,3)20)15-11-13(22-4)9-10-16(15)21-18/h5-11,21H,20H2,1-4H3. The first-order valence-electron chi connectivity index (χ1n) is 7.47. The van der Waals surface area contributed by atoms with Gasteiger partial charge in [0, 0.05) is 27.6 Å². The van der Waals surface area contributed by atoms with Gasteiger partial charge in [0.1, 0.15) is 5.75 Å². The molecule has 1 heterocycles. The third-order valence-electron chi connectivity index (χ3n) is 4.06. The number of nitrogens with two attached hydrogens (primary N) is 1. The molecular weight excluding hydrogens is 272 g/mol. The highest BCUT2D eigenvalue weighted by Gasteiger charge is 2.25. The van der Waals surface area contributed by atoms with E-state index in [-0.39, 0.29) is 0 Å². The van der Waals surface area contributed by atoms with Crippen LogP contribution in [0, 0.1) is 6.92 Å². The van der Waals surface area contributed by atoms with E-state index in [9.17, 15) is 0 Å². The summed E-state index contributed by atoms with van der Waals surface area (Å²) in [6.07, 6.45) is 0. The van der Waals surface area contributed by atoms with Crippen LogP contribution in [0.2, 0.25) is 0 Å². The lowest BCUT2D eigenvalue weighted by Gasteiger charge is -2.21. The normalized spacial score (nSPS) is 11.9. The third-order valence-corrected chi connectivity index (χ3v) is 4.06. The molecule has 0 aliphatic carbocycles. The lowest BCUT2D eigenvalue weighted by atomic mass is 9.89. The van der Waals surface area contributed by atoms with Crippen LogP contribution in [0.5, 0.6) is 5.75 Å². The maximum Gasteiger partial charge on any atom is 0.119 e. The number of hydrogen-bond donors (Lipinski definition) is 2. The Balaban J connectivity index is 2.37. The SMILES string of the molecule is COc1ccc2[nH]c(-c3ccccc3C)c(C(C)(C)N)c2c1. The van der Waals surface area contributed by atoms with Gasteiger partial charge >= 0.3 is 0 Å². The molecule has 0 unspecified atom stereocenters. The maximum atomic E-state index is 6.49. The number of H-pyrrole nitrogens is 1. The minimum absolute atomic E-state index is 0.456. The van der Waals surface area contributed by atoms with E-state index in [2.05, 4.69) is 42.2 Å². The molecule has 0 amide bonds. The van der Waals surface area contributed by atoms with E-state index in [1.807, 2.05) is 26.0 Å². The first kappa shape index (κ1) is 14.7. The molecule has 0 aliphatic rings. The highest BCUT2D eigenvalue weighted by atomic mass is 16.5. The zero-order chi connectivity index (χ0) is 15.9. The van der Waals surface area contributed by atoms with Gasteiger partial charge in [-0.15, -0.1) is 0 Å². The van der Waals surface area contributed by atoms with Crippen LogP contribution in [0.4, 0.5) is 0 Å². The number of nitrogens with one attached hydrogen (secondary N) is 1. The minimum Gasteiger partial charge on any atom is -0.497 e. The lowest BCUT2D eigenvalue weighted by molar-refractivity contribution is 0.415. The first-order chi connectivity index (χ1) is 10.4. The number of aryl methyl sites for hydroxylation is 1. The van der Waals surface area contributed by atoms with Gasteiger partial charge in [-0.25, -0.2) is 0 Å². The van der Waals surface area contributed by atoms with Crippen molar-refractivity contribution >= 4 is 10.9 Å².